The van der Waals surface area contributed by atoms with Gasteiger partial charge in [0, 0.05) is 22.9 Å². The molecule has 0 spiro atoms. The van der Waals surface area contributed by atoms with E-state index in [9.17, 15) is 4.79 Å². The standard InChI is InChI=1S/C10H10Br2O2S/c11-7-5-15-10(9(7)12)8(13)4-6-2-1-3-14-6/h5-6H,1-4H2. The summed E-state index contributed by atoms with van der Waals surface area (Å²) in [6.45, 7) is 0.799. The molecule has 2 heterocycles. The van der Waals surface area contributed by atoms with E-state index in [2.05, 4.69) is 31.9 Å². The molecular formula is C10H10Br2O2S. The lowest BCUT2D eigenvalue weighted by molar-refractivity contribution is 0.0778. The summed E-state index contributed by atoms with van der Waals surface area (Å²) in [7, 11) is 0. The van der Waals surface area contributed by atoms with Crippen molar-refractivity contribution in [2.45, 2.75) is 25.4 Å². The largest absolute Gasteiger partial charge is 0.378 e. The third kappa shape index (κ3) is 2.70. The molecule has 0 aliphatic carbocycles. The van der Waals surface area contributed by atoms with E-state index in [1.54, 1.807) is 0 Å². The van der Waals surface area contributed by atoms with Gasteiger partial charge >= 0.3 is 0 Å². The molecule has 1 aromatic heterocycles. The van der Waals surface area contributed by atoms with Crippen LogP contribution in [0.15, 0.2) is 14.3 Å². The number of ether oxygens (including phenoxy) is 1. The lowest BCUT2D eigenvalue weighted by Crippen LogP contribution is -2.11. The molecule has 0 amide bonds. The minimum Gasteiger partial charge on any atom is -0.378 e. The van der Waals surface area contributed by atoms with Crippen LogP contribution < -0.4 is 0 Å². The van der Waals surface area contributed by atoms with Crippen LogP contribution in [-0.4, -0.2) is 18.5 Å². The third-order valence-corrected chi connectivity index (χ3v) is 5.95. The normalized spacial score (nSPS) is 20.8. The zero-order chi connectivity index (χ0) is 10.8. The maximum Gasteiger partial charge on any atom is 0.176 e. The summed E-state index contributed by atoms with van der Waals surface area (Å²) in [6, 6.07) is 0. The summed E-state index contributed by atoms with van der Waals surface area (Å²) in [5.41, 5.74) is 0. The van der Waals surface area contributed by atoms with E-state index in [1.165, 1.54) is 11.3 Å². The molecule has 0 aromatic carbocycles. The van der Waals surface area contributed by atoms with Gasteiger partial charge in [-0.2, -0.15) is 0 Å². The Bertz CT molecular complexity index is 369. The van der Waals surface area contributed by atoms with Crippen LogP contribution in [0.2, 0.25) is 0 Å². The van der Waals surface area contributed by atoms with E-state index in [-0.39, 0.29) is 11.9 Å². The van der Waals surface area contributed by atoms with Gasteiger partial charge in [-0.25, -0.2) is 0 Å². The van der Waals surface area contributed by atoms with E-state index >= 15 is 0 Å². The van der Waals surface area contributed by atoms with Crippen LogP contribution in [-0.2, 0) is 4.74 Å². The molecular weight excluding hydrogens is 344 g/mol. The molecule has 2 nitrogen and oxygen atoms in total. The molecule has 0 saturated carbocycles. The van der Waals surface area contributed by atoms with Crippen LogP contribution in [0.3, 0.4) is 0 Å². The van der Waals surface area contributed by atoms with Crippen molar-refractivity contribution in [2.24, 2.45) is 0 Å². The Morgan fingerprint density at radius 2 is 2.40 bits per heavy atom. The summed E-state index contributed by atoms with van der Waals surface area (Å²) in [5.74, 6) is 0.171. The van der Waals surface area contributed by atoms with Crippen LogP contribution in [0.1, 0.15) is 28.9 Å². The topological polar surface area (TPSA) is 26.3 Å². The molecule has 1 unspecified atom stereocenters. The molecule has 1 fully saturated rings. The Morgan fingerprint density at radius 1 is 1.60 bits per heavy atom. The number of ketones is 1. The average molecular weight is 354 g/mol. The first-order chi connectivity index (χ1) is 7.18. The highest BCUT2D eigenvalue weighted by atomic mass is 79.9. The quantitative estimate of drug-likeness (QED) is 0.767. The predicted octanol–water partition coefficient (Wildman–Crippen LogP) is 4.02. The minimum atomic E-state index is 0.130. The molecule has 15 heavy (non-hydrogen) atoms. The number of rotatable bonds is 3. The summed E-state index contributed by atoms with van der Waals surface area (Å²) in [5, 5.41) is 1.92. The van der Waals surface area contributed by atoms with Gasteiger partial charge in [0.1, 0.15) is 0 Å². The number of halogens is 2. The van der Waals surface area contributed by atoms with Gasteiger partial charge in [-0.05, 0) is 44.7 Å². The smallest absolute Gasteiger partial charge is 0.176 e. The molecule has 82 valence electrons. The number of carbonyl (C=O) groups is 1. The first-order valence-corrected chi connectivity index (χ1v) is 7.22. The van der Waals surface area contributed by atoms with Crippen molar-refractivity contribution in [3.05, 3.63) is 19.2 Å². The maximum atomic E-state index is 11.9. The number of hydrogen-bond donors (Lipinski definition) is 0. The van der Waals surface area contributed by atoms with Crippen LogP contribution in [0.5, 0.6) is 0 Å². The zero-order valence-electron chi connectivity index (χ0n) is 7.96. The van der Waals surface area contributed by atoms with Gasteiger partial charge in [0.05, 0.1) is 15.5 Å². The van der Waals surface area contributed by atoms with Gasteiger partial charge in [0.25, 0.3) is 0 Å². The van der Waals surface area contributed by atoms with E-state index in [1.807, 2.05) is 5.38 Å². The molecule has 1 aromatic rings. The number of Topliss-reactive ketones (excluding diaryl/α,β-unsaturated/α-hetero) is 1. The summed E-state index contributed by atoms with van der Waals surface area (Å²) >= 11 is 8.25. The monoisotopic (exact) mass is 352 g/mol. The molecule has 0 bridgehead atoms. The molecule has 1 atom stereocenters. The van der Waals surface area contributed by atoms with Gasteiger partial charge in [-0.3, -0.25) is 4.79 Å². The highest BCUT2D eigenvalue weighted by Gasteiger charge is 2.22. The van der Waals surface area contributed by atoms with Crippen molar-refractivity contribution in [3.8, 4) is 0 Å². The molecule has 0 radical (unpaired) electrons. The first-order valence-electron chi connectivity index (χ1n) is 4.76. The number of hydrogen-bond acceptors (Lipinski definition) is 3. The molecule has 2 rings (SSSR count). The molecule has 5 heteroatoms. The summed E-state index contributed by atoms with van der Waals surface area (Å²) < 4.78 is 7.27. The van der Waals surface area contributed by atoms with Gasteiger partial charge in [-0.1, -0.05) is 0 Å². The van der Waals surface area contributed by atoms with Crippen molar-refractivity contribution < 1.29 is 9.53 Å². The Hall–Kier alpha value is 0.290. The Labute approximate surface area is 109 Å². The van der Waals surface area contributed by atoms with Gasteiger partial charge < -0.3 is 4.74 Å². The highest BCUT2D eigenvalue weighted by molar-refractivity contribution is 9.13. The zero-order valence-corrected chi connectivity index (χ0v) is 12.0. The first kappa shape index (κ1) is 11.8. The maximum absolute atomic E-state index is 11.9. The van der Waals surface area contributed by atoms with E-state index in [4.69, 9.17) is 4.74 Å². The molecule has 1 aliphatic heterocycles. The lowest BCUT2D eigenvalue weighted by Gasteiger charge is -2.06. The van der Waals surface area contributed by atoms with Crippen molar-refractivity contribution >= 4 is 49.0 Å². The third-order valence-electron chi connectivity index (χ3n) is 2.38. The fourth-order valence-electron chi connectivity index (χ4n) is 1.62. The van der Waals surface area contributed by atoms with Gasteiger partial charge in [0.15, 0.2) is 5.78 Å². The highest BCUT2D eigenvalue weighted by Crippen LogP contribution is 2.34. The van der Waals surface area contributed by atoms with Crippen LogP contribution >= 0.6 is 43.2 Å². The lowest BCUT2D eigenvalue weighted by atomic mass is 10.1. The summed E-state index contributed by atoms with van der Waals surface area (Å²) in [6.07, 6.45) is 2.72. The van der Waals surface area contributed by atoms with Crippen molar-refractivity contribution in [3.63, 3.8) is 0 Å². The van der Waals surface area contributed by atoms with E-state index in [0.717, 1.165) is 33.3 Å². The van der Waals surface area contributed by atoms with E-state index < -0.39 is 0 Å². The SMILES string of the molecule is O=C(CC1CCCO1)c1scc(Br)c1Br. The average Bonchev–Trinajstić information content (AvgIpc) is 2.79. The molecule has 1 saturated heterocycles. The Kier molecular flexibility index (Phi) is 3.98. The minimum absolute atomic E-state index is 0.130. The second-order valence-electron chi connectivity index (χ2n) is 3.49. The summed E-state index contributed by atoms with van der Waals surface area (Å²) in [4.78, 5) is 12.7. The Morgan fingerprint density at radius 3 is 2.93 bits per heavy atom. The van der Waals surface area contributed by atoms with Crippen LogP contribution in [0.4, 0.5) is 0 Å². The fourth-order valence-corrected chi connectivity index (χ4v) is 3.76. The fraction of sp³-hybridized carbons (Fsp3) is 0.500. The molecule has 1 aliphatic rings. The van der Waals surface area contributed by atoms with Crippen molar-refractivity contribution in [1.29, 1.82) is 0 Å². The number of carbonyl (C=O) groups excluding carboxylic acids is 1. The van der Waals surface area contributed by atoms with Crippen LogP contribution in [0.25, 0.3) is 0 Å². The van der Waals surface area contributed by atoms with Gasteiger partial charge in [0.2, 0.25) is 0 Å². The molecule has 0 N–H and O–H groups in total. The number of thiophene rings is 1. The Balaban J connectivity index is 2.04. The second kappa shape index (κ2) is 5.08. The van der Waals surface area contributed by atoms with Crippen molar-refractivity contribution in [1.82, 2.24) is 0 Å². The van der Waals surface area contributed by atoms with Gasteiger partial charge in [-0.15, -0.1) is 11.3 Å². The predicted molar refractivity (Wildman–Crippen MR) is 67.6 cm³/mol. The van der Waals surface area contributed by atoms with Crippen molar-refractivity contribution in [2.75, 3.05) is 6.61 Å². The van der Waals surface area contributed by atoms with E-state index in [0.29, 0.717) is 6.42 Å². The second-order valence-corrected chi connectivity index (χ2v) is 6.02. The van der Waals surface area contributed by atoms with Crippen LogP contribution in [0, 0.1) is 0 Å².